The molecule has 0 unspecified atom stereocenters. The Labute approximate surface area is 131 Å². The highest BCUT2D eigenvalue weighted by molar-refractivity contribution is 5.75. The number of benzene rings is 1. The Kier molecular flexibility index (Phi) is 4.46. The molecule has 2 rings (SSSR count). The van der Waals surface area contributed by atoms with Crippen molar-refractivity contribution in [2.45, 2.75) is 60.8 Å². The number of aryl methyl sites for hydroxylation is 1. The van der Waals surface area contributed by atoms with Crippen molar-refractivity contribution in [1.29, 1.82) is 0 Å². The summed E-state index contributed by atoms with van der Waals surface area (Å²) in [5, 5.41) is 0. The molecule has 1 aliphatic rings. The van der Waals surface area contributed by atoms with Crippen LogP contribution in [-0.2, 0) is 6.42 Å². The number of hydrogen-bond acceptors (Lipinski definition) is 0. The number of allylic oxidation sites excluding steroid dienone is 4. The van der Waals surface area contributed by atoms with Crippen molar-refractivity contribution < 1.29 is 0 Å². The third-order valence-electron chi connectivity index (χ3n) is 5.50. The minimum absolute atomic E-state index is 0.117. The Balaban J connectivity index is 2.49. The zero-order valence-electron chi connectivity index (χ0n) is 14.6. The van der Waals surface area contributed by atoms with Gasteiger partial charge in [0.1, 0.15) is 0 Å². The molecule has 1 atom stereocenters. The Morgan fingerprint density at radius 3 is 2.14 bits per heavy atom. The summed E-state index contributed by atoms with van der Waals surface area (Å²) in [5.74, 6) is 0. The van der Waals surface area contributed by atoms with Crippen molar-refractivity contribution in [2.75, 3.05) is 0 Å². The standard InChI is InChI=1S/C21H30/c1-7-16-10-12-17(13-11-16)18-14-15-21(6,9-3)19(8-2)20(18,4)5/h8,10-14H,7,9,15H2,1-6H3/b19-8-/t21-/m0/s1. The molecule has 0 spiro atoms. The first-order valence-corrected chi connectivity index (χ1v) is 8.36. The third-order valence-corrected chi connectivity index (χ3v) is 5.50. The van der Waals surface area contributed by atoms with Crippen LogP contribution in [0.4, 0.5) is 0 Å². The minimum atomic E-state index is 0.117. The van der Waals surface area contributed by atoms with Gasteiger partial charge in [-0.1, -0.05) is 76.6 Å². The van der Waals surface area contributed by atoms with Crippen molar-refractivity contribution in [2.24, 2.45) is 10.8 Å². The molecule has 0 aliphatic heterocycles. The third kappa shape index (κ3) is 2.73. The van der Waals surface area contributed by atoms with E-state index in [-0.39, 0.29) is 5.41 Å². The Morgan fingerprint density at radius 2 is 1.67 bits per heavy atom. The van der Waals surface area contributed by atoms with E-state index < -0.39 is 0 Å². The highest BCUT2D eigenvalue weighted by Crippen LogP contribution is 2.55. The van der Waals surface area contributed by atoms with Crippen LogP contribution in [0.5, 0.6) is 0 Å². The van der Waals surface area contributed by atoms with Gasteiger partial charge in [0.05, 0.1) is 0 Å². The summed E-state index contributed by atoms with van der Waals surface area (Å²) in [5.41, 5.74) is 6.31. The van der Waals surface area contributed by atoms with Crippen molar-refractivity contribution in [3.8, 4) is 0 Å². The first-order valence-electron chi connectivity index (χ1n) is 8.36. The van der Waals surface area contributed by atoms with Gasteiger partial charge in [-0.2, -0.15) is 0 Å². The quantitative estimate of drug-likeness (QED) is 0.561. The maximum atomic E-state index is 2.48. The summed E-state index contributed by atoms with van der Waals surface area (Å²) < 4.78 is 0. The first kappa shape index (κ1) is 16.1. The Hall–Kier alpha value is -1.30. The predicted octanol–water partition coefficient (Wildman–Crippen LogP) is 6.42. The van der Waals surface area contributed by atoms with Crippen LogP contribution in [0.15, 0.2) is 42.0 Å². The zero-order chi connectivity index (χ0) is 15.7. The molecule has 0 nitrogen and oxygen atoms in total. The second-order valence-electron chi connectivity index (χ2n) is 7.11. The van der Waals surface area contributed by atoms with Crippen LogP contribution < -0.4 is 0 Å². The molecule has 0 saturated heterocycles. The van der Waals surface area contributed by atoms with Gasteiger partial charge in [-0.05, 0) is 48.3 Å². The van der Waals surface area contributed by atoms with Crippen LogP contribution in [-0.4, -0.2) is 0 Å². The van der Waals surface area contributed by atoms with Gasteiger partial charge in [0, 0.05) is 5.41 Å². The van der Waals surface area contributed by atoms with E-state index in [4.69, 9.17) is 0 Å². The molecule has 0 N–H and O–H groups in total. The van der Waals surface area contributed by atoms with Gasteiger partial charge in [0.2, 0.25) is 0 Å². The maximum Gasteiger partial charge on any atom is 0.0113 e. The second kappa shape index (κ2) is 5.83. The van der Waals surface area contributed by atoms with Gasteiger partial charge < -0.3 is 0 Å². The average Bonchev–Trinajstić information content (AvgIpc) is 2.47. The van der Waals surface area contributed by atoms with E-state index in [9.17, 15) is 0 Å². The van der Waals surface area contributed by atoms with Crippen molar-refractivity contribution in [1.82, 2.24) is 0 Å². The number of rotatable bonds is 3. The molecule has 0 fully saturated rings. The summed E-state index contributed by atoms with van der Waals surface area (Å²) in [4.78, 5) is 0. The summed E-state index contributed by atoms with van der Waals surface area (Å²) >= 11 is 0. The molecule has 0 heteroatoms. The number of hydrogen-bond donors (Lipinski definition) is 0. The first-order chi connectivity index (χ1) is 9.89. The molecule has 114 valence electrons. The summed E-state index contributed by atoms with van der Waals surface area (Å²) in [7, 11) is 0. The Bertz CT molecular complexity index is 554. The molecule has 0 aromatic heterocycles. The van der Waals surface area contributed by atoms with E-state index in [1.54, 1.807) is 5.57 Å². The van der Waals surface area contributed by atoms with Crippen LogP contribution in [0, 0.1) is 10.8 Å². The maximum absolute atomic E-state index is 2.48. The van der Waals surface area contributed by atoms with Gasteiger partial charge >= 0.3 is 0 Å². The predicted molar refractivity (Wildman–Crippen MR) is 94.4 cm³/mol. The van der Waals surface area contributed by atoms with Gasteiger partial charge in [-0.3, -0.25) is 0 Å². The van der Waals surface area contributed by atoms with Gasteiger partial charge in [0.25, 0.3) is 0 Å². The highest BCUT2D eigenvalue weighted by atomic mass is 14.5. The minimum Gasteiger partial charge on any atom is -0.0870 e. The van der Waals surface area contributed by atoms with Crippen LogP contribution in [0.1, 0.15) is 65.5 Å². The van der Waals surface area contributed by atoms with E-state index in [0.29, 0.717) is 5.41 Å². The largest absolute Gasteiger partial charge is 0.0870 e. The summed E-state index contributed by atoms with van der Waals surface area (Å²) in [6.45, 7) is 13.9. The van der Waals surface area contributed by atoms with Gasteiger partial charge in [-0.25, -0.2) is 0 Å². The van der Waals surface area contributed by atoms with Gasteiger partial charge in [-0.15, -0.1) is 0 Å². The lowest BCUT2D eigenvalue weighted by molar-refractivity contribution is 0.311. The summed E-state index contributed by atoms with van der Waals surface area (Å²) in [6, 6.07) is 9.15. The fourth-order valence-corrected chi connectivity index (χ4v) is 4.03. The van der Waals surface area contributed by atoms with Crippen LogP contribution in [0.3, 0.4) is 0 Å². The zero-order valence-corrected chi connectivity index (χ0v) is 14.6. The van der Waals surface area contributed by atoms with Crippen LogP contribution >= 0.6 is 0 Å². The van der Waals surface area contributed by atoms with E-state index in [1.807, 2.05) is 0 Å². The molecule has 0 saturated carbocycles. The van der Waals surface area contributed by atoms with Crippen LogP contribution in [0.25, 0.3) is 5.57 Å². The van der Waals surface area contributed by atoms with Crippen molar-refractivity contribution >= 4 is 5.57 Å². The average molecular weight is 282 g/mol. The molecule has 1 aromatic carbocycles. The van der Waals surface area contributed by atoms with Crippen LogP contribution in [0.2, 0.25) is 0 Å². The lowest BCUT2D eigenvalue weighted by atomic mass is 9.58. The molecule has 0 radical (unpaired) electrons. The fourth-order valence-electron chi connectivity index (χ4n) is 4.03. The van der Waals surface area contributed by atoms with E-state index in [2.05, 4.69) is 78.0 Å². The normalized spacial score (nSPS) is 26.8. The lowest BCUT2D eigenvalue weighted by Gasteiger charge is -2.46. The van der Waals surface area contributed by atoms with E-state index >= 15 is 0 Å². The monoisotopic (exact) mass is 282 g/mol. The molecular weight excluding hydrogens is 252 g/mol. The molecule has 0 heterocycles. The smallest absolute Gasteiger partial charge is 0.0113 e. The SMILES string of the molecule is C/C=C1/C(C)(C)C(c2ccc(CC)cc2)=CC[C@]1(C)CC. The topological polar surface area (TPSA) is 0 Å². The molecule has 21 heavy (non-hydrogen) atoms. The summed E-state index contributed by atoms with van der Waals surface area (Å²) in [6.07, 6.45) is 8.30. The fraction of sp³-hybridized carbons (Fsp3) is 0.524. The highest BCUT2D eigenvalue weighted by Gasteiger charge is 2.41. The molecule has 0 amide bonds. The Morgan fingerprint density at radius 1 is 1.05 bits per heavy atom. The second-order valence-corrected chi connectivity index (χ2v) is 7.11. The molecule has 1 aromatic rings. The molecule has 1 aliphatic carbocycles. The van der Waals surface area contributed by atoms with Crippen molar-refractivity contribution in [3.05, 3.63) is 53.1 Å². The molecular formula is C21H30. The molecule has 0 bridgehead atoms. The van der Waals surface area contributed by atoms with Crippen molar-refractivity contribution in [3.63, 3.8) is 0 Å². The van der Waals surface area contributed by atoms with Gasteiger partial charge in [0.15, 0.2) is 0 Å². The lowest BCUT2D eigenvalue weighted by Crippen LogP contribution is -2.33. The van der Waals surface area contributed by atoms with E-state index in [1.165, 1.54) is 23.1 Å². The van der Waals surface area contributed by atoms with E-state index in [0.717, 1.165) is 12.8 Å².